The number of allylic oxidation sites excluding steroid dienone is 2. The van der Waals surface area contributed by atoms with Gasteiger partial charge in [0.05, 0.1) is 0 Å². The van der Waals surface area contributed by atoms with Gasteiger partial charge in [0.2, 0.25) is 0 Å². The lowest BCUT2D eigenvalue weighted by Crippen LogP contribution is -2.32. The van der Waals surface area contributed by atoms with E-state index in [2.05, 4.69) is 45.3 Å². The van der Waals surface area contributed by atoms with Crippen LogP contribution < -0.4 is 0 Å². The Labute approximate surface area is 105 Å². The maximum absolute atomic E-state index is 6.15. The van der Waals surface area contributed by atoms with Crippen molar-refractivity contribution in [3.8, 4) is 0 Å². The van der Waals surface area contributed by atoms with Crippen molar-refractivity contribution in [2.45, 2.75) is 71.3 Å². The van der Waals surface area contributed by atoms with Crippen LogP contribution in [-0.4, -0.2) is 17.4 Å². The third-order valence-electron chi connectivity index (χ3n) is 2.52. The molecule has 0 N–H and O–H groups in total. The van der Waals surface area contributed by atoms with Gasteiger partial charge in [-0.2, -0.15) is 0 Å². The Morgan fingerprint density at radius 1 is 1.06 bits per heavy atom. The zero-order chi connectivity index (χ0) is 12.4. The first-order valence-corrected chi connectivity index (χ1v) is 12.6. The lowest BCUT2D eigenvalue weighted by molar-refractivity contribution is 0.563. The van der Waals surface area contributed by atoms with Gasteiger partial charge in [-0.15, -0.1) is 0 Å². The maximum Gasteiger partial charge on any atom is 0.170 e. The molecule has 0 aromatic rings. The van der Waals surface area contributed by atoms with E-state index in [-0.39, 0.29) is 0 Å². The van der Waals surface area contributed by atoms with Crippen LogP contribution in [0.2, 0.25) is 32.2 Å². The zero-order valence-corrected chi connectivity index (χ0v) is 14.0. The summed E-state index contributed by atoms with van der Waals surface area (Å²) in [7, 11) is -2.10. The van der Waals surface area contributed by atoms with Crippen molar-refractivity contribution in [3.63, 3.8) is 0 Å². The second-order valence-corrected chi connectivity index (χ2v) is 13.0. The Kier molecular flexibility index (Phi) is 9.27. The third kappa shape index (κ3) is 12.2. The summed E-state index contributed by atoms with van der Waals surface area (Å²) in [5.41, 5.74) is 0. The fourth-order valence-electron chi connectivity index (χ4n) is 1.88. The number of hydrogen-bond donors (Lipinski definition) is 0. The zero-order valence-electron chi connectivity index (χ0n) is 11.9. The van der Waals surface area contributed by atoms with E-state index in [9.17, 15) is 0 Å². The predicted molar refractivity (Wildman–Crippen MR) is 80.2 cm³/mol. The molecular weight excluding hydrogens is 228 g/mol. The van der Waals surface area contributed by atoms with Crippen molar-refractivity contribution in [3.05, 3.63) is 12.2 Å². The molecule has 1 atom stereocenters. The average molecular weight is 259 g/mol. The molecule has 0 rings (SSSR count). The van der Waals surface area contributed by atoms with Gasteiger partial charge in [-0.3, -0.25) is 0 Å². The van der Waals surface area contributed by atoms with E-state index in [4.69, 9.17) is 4.12 Å². The smallest absolute Gasteiger partial charge is 0.170 e. The van der Waals surface area contributed by atoms with Gasteiger partial charge in [0.1, 0.15) is 0 Å². The van der Waals surface area contributed by atoms with Gasteiger partial charge < -0.3 is 4.12 Å². The van der Waals surface area contributed by atoms with E-state index < -0.39 is 17.4 Å². The molecule has 0 bridgehead atoms. The minimum Gasteiger partial charge on any atom is -0.458 e. The molecule has 1 nitrogen and oxygen atoms in total. The summed E-state index contributed by atoms with van der Waals surface area (Å²) in [5, 5.41) is 0. The van der Waals surface area contributed by atoms with Crippen LogP contribution >= 0.6 is 0 Å². The summed E-state index contributed by atoms with van der Waals surface area (Å²) >= 11 is 0. The number of hydrogen-bond acceptors (Lipinski definition) is 1. The first-order valence-electron chi connectivity index (χ1n) is 6.74. The molecule has 1 unspecified atom stereocenters. The quantitative estimate of drug-likeness (QED) is 0.330. The molecule has 96 valence electrons. The van der Waals surface area contributed by atoms with Crippen molar-refractivity contribution in [1.29, 1.82) is 0 Å². The molecule has 0 aliphatic heterocycles. The normalized spacial score (nSPS) is 14.6. The molecule has 0 aromatic carbocycles. The van der Waals surface area contributed by atoms with Crippen LogP contribution in [0, 0.1) is 0 Å². The minimum atomic E-state index is -1.25. The van der Waals surface area contributed by atoms with Crippen LogP contribution in [0.15, 0.2) is 12.2 Å². The summed E-state index contributed by atoms with van der Waals surface area (Å²) in [6.07, 6.45) is 11.2. The molecule has 0 heterocycles. The second-order valence-electron chi connectivity index (χ2n) is 5.60. The van der Waals surface area contributed by atoms with Gasteiger partial charge >= 0.3 is 0 Å². The Bertz CT molecular complexity index is 185. The van der Waals surface area contributed by atoms with Crippen LogP contribution in [0.25, 0.3) is 0 Å². The highest BCUT2D eigenvalue weighted by Crippen LogP contribution is 2.12. The maximum atomic E-state index is 6.15. The summed E-state index contributed by atoms with van der Waals surface area (Å²) in [4.78, 5) is 0. The first-order chi connectivity index (χ1) is 7.45. The molecule has 0 aliphatic rings. The van der Waals surface area contributed by atoms with Crippen molar-refractivity contribution in [2.24, 2.45) is 0 Å². The predicted octanol–water partition coefficient (Wildman–Crippen LogP) is 4.72. The van der Waals surface area contributed by atoms with Crippen LogP contribution in [0.5, 0.6) is 0 Å². The molecule has 0 radical (unpaired) electrons. The highest BCUT2D eigenvalue weighted by Gasteiger charge is 2.18. The lowest BCUT2D eigenvalue weighted by Gasteiger charge is -2.22. The van der Waals surface area contributed by atoms with Gasteiger partial charge in [-0.25, -0.2) is 0 Å². The molecular formula is C13H30OSi2. The largest absolute Gasteiger partial charge is 0.458 e. The molecule has 0 fully saturated rings. The third-order valence-corrected chi connectivity index (χ3v) is 8.18. The van der Waals surface area contributed by atoms with Gasteiger partial charge in [-0.05, 0) is 52.0 Å². The highest BCUT2D eigenvalue weighted by molar-refractivity contribution is 6.77. The van der Waals surface area contributed by atoms with Crippen LogP contribution in [0.3, 0.4) is 0 Å². The Morgan fingerprint density at radius 3 is 2.25 bits per heavy atom. The highest BCUT2D eigenvalue weighted by atomic mass is 28.4. The van der Waals surface area contributed by atoms with Crippen LogP contribution in [0.1, 0.15) is 39.0 Å². The van der Waals surface area contributed by atoms with Crippen LogP contribution in [-0.2, 0) is 4.12 Å². The molecule has 16 heavy (non-hydrogen) atoms. The van der Waals surface area contributed by atoms with E-state index in [0.717, 1.165) is 0 Å². The molecule has 0 spiro atoms. The number of rotatable bonds is 9. The minimum absolute atomic E-state index is 0.844. The SMILES string of the molecule is CC=CCCCCCC[SiH](C)O[Si](C)(C)C. The average Bonchev–Trinajstić information content (AvgIpc) is 2.13. The lowest BCUT2D eigenvalue weighted by atomic mass is 10.1. The Hall–Kier alpha value is 0.134. The molecule has 0 aromatic heterocycles. The first kappa shape index (κ1) is 16.1. The monoisotopic (exact) mass is 258 g/mol. The molecule has 3 heteroatoms. The van der Waals surface area contributed by atoms with Gasteiger partial charge in [-0.1, -0.05) is 31.4 Å². The van der Waals surface area contributed by atoms with E-state index >= 15 is 0 Å². The molecule has 0 amide bonds. The van der Waals surface area contributed by atoms with E-state index in [1.807, 2.05) is 0 Å². The van der Waals surface area contributed by atoms with Crippen molar-refractivity contribution >= 4 is 17.4 Å². The Morgan fingerprint density at radius 2 is 1.69 bits per heavy atom. The standard InChI is InChI=1S/C13H30OSi2/c1-6-7-8-9-10-11-12-13-15(2)14-16(3,4)5/h6-7,15H,8-13H2,1-5H3. The van der Waals surface area contributed by atoms with E-state index in [0.29, 0.717) is 0 Å². The second kappa shape index (κ2) is 9.19. The van der Waals surface area contributed by atoms with E-state index in [1.165, 1.54) is 38.1 Å². The summed E-state index contributed by atoms with van der Waals surface area (Å²) < 4.78 is 6.15. The molecule has 0 saturated carbocycles. The van der Waals surface area contributed by atoms with Crippen molar-refractivity contribution in [2.75, 3.05) is 0 Å². The van der Waals surface area contributed by atoms with E-state index in [1.54, 1.807) is 0 Å². The van der Waals surface area contributed by atoms with Gasteiger partial charge in [0.15, 0.2) is 17.4 Å². The van der Waals surface area contributed by atoms with Gasteiger partial charge in [0, 0.05) is 0 Å². The fraction of sp³-hybridized carbons (Fsp3) is 0.846. The van der Waals surface area contributed by atoms with Gasteiger partial charge in [0.25, 0.3) is 0 Å². The van der Waals surface area contributed by atoms with Crippen molar-refractivity contribution in [1.82, 2.24) is 0 Å². The summed E-state index contributed by atoms with van der Waals surface area (Å²) in [6.45, 7) is 11.4. The fourth-order valence-corrected chi connectivity index (χ4v) is 8.04. The summed E-state index contributed by atoms with van der Waals surface area (Å²) in [6, 6.07) is 1.37. The Balaban J connectivity index is 3.31. The molecule has 0 aliphatic carbocycles. The topological polar surface area (TPSA) is 9.23 Å². The molecule has 0 saturated heterocycles. The number of unbranched alkanes of at least 4 members (excludes halogenated alkanes) is 4. The van der Waals surface area contributed by atoms with Crippen molar-refractivity contribution < 1.29 is 4.12 Å². The summed E-state index contributed by atoms with van der Waals surface area (Å²) in [5.74, 6) is 0. The van der Waals surface area contributed by atoms with Crippen LogP contribution in [0.4, 0.5) is 0 Å².